The van der Waals surface area contributed by atoms with Crippen LogP contribution in [0.25, 0.3) is 5.57 Å². The van der Waals surface area contributed by atoms with Gasteiger partial charge in [0, 0.05) is 71.0 Å². The molecule has 5 aliphatic rings. The van der Waals surface area contributed by atoms with Crippen LogP contribution in [0.1, 0.15) is 25.0 Å². The first-order valence-corrected chi connectivity index (χ1v) is 8.45. The van der Waals surface area contributed by atoms with Crippen LogP contribution >= 0.6 is 0 Å². The fourth-order valence-electron chi connectivity index (χ4n) is 4.14. The third-order valence-electron chi connectivity index (χ3n) is 5.25. The van der Waals surface area contributed by atoms with Gasteiger partial charge in [0.2, 0.25) is 5.69 Å². The number of hydrogen-bond donors (Lipinski definition) is 0. The van der Waals surface area contributed by atoms with Gasteiger partial charge in [-0.3, -0.25) is 0 Å². The Morgan fingerprint density at radius 1 is 0.741 bits per heavy atom. The third kappa shape index (κ3) is 4.18. The van der Waals surface area contributed by atoms with Gasteiger partial charge < -0.3 is 14.9 Å². The summed E-state index contributed by atoms with van der Waals surface area (Å²) in [5, 5.41) is 0. The zero-order valence-corrected chi connectivity index (χ0v) is 21.9. The van der Waals surface area contributed by atoms with E-state index in [1.54, 1.807) is 11.1 Å². The molecule has 0 fully saturated rings. The second kappa shape index (κ2) is 9.90. The molecule has 1 aromatic heterocycles. The topological polar surface area (TPSA) is 6.89 Å². The summed E-state index contributed by atoms with van der Waals surface area (Å²) in [7, 11) is 0. The van der Waals surface area contributed by atoms with Crippen LogP contribution in [0, 0.1) is 14.9 Å². The third-order valence-corrected chi connectivity index (χ3v) is 5.25. The van der Waals surface area contributed by atoms with E-state index in [0.29, 0.717) is 0 Å². The molecule has 6 rings (SSSR count). The minimum atomic E-state index is 0. The van der Waals surface area contributed by atoms with Crippen molar-refractivity contribution in [3.05, 3.63) is 98.2 Å². The second-order valence-electron chi connectivity index (χ2n) is 6.62. The largest absolute Gasteiger partial charge is 0.358 e. The molecule has 4 heteroatoms. The van der Waals surface area contributed by atoms with Gasteiger partial charge in [-0.25, -0.2) is 0 Å². The summed E-state index contributed by atoms with van der Waals surface area (Å²) in [5.74, 6) is 0. The van der Waals surface area contributed by atoms with Crippen LogP contribution in [0.2, 0.25) is 0 Å². The van der Waals surface area contributed by atoms with Crippen LogP contribution in [0.15, 0.2) is 77.7 Å². The number of aromatic nitrogens is 1. The maximum atomic E-state index is 2.37. The molecule has 140 valence electrons. The molecule has 0 saturated heterocycles. The van der Waals surface area contributed by atoms with E-state index in [4.69, 9.17) is 0 Å². The summed E-state index contributed by atoms with van der Waals surface area (Å²) >= 11 is 0. The maximum absolute atomic E-state index is 2.37. The number of fused-ring (bicyclic) bond motifs is 3. The average Bonchev–Trinajstić information content (AvgIpc) is 3.32. The Balaban J connectivity index is 0.000000236. The Hall–Kier alpha value is -1.10. The summed E-state index contributed by atoms with van der Waals surface area (Å²) in [6, 6.07) is 6.39. The van der Waals surface area contributed by atoms with Gasteiger partial charge in [-0.05, 0) is 25.0 Å². The molecule has 3 aliphatic heterocycles. The molecular formula is C23H26N2W2. The minimum absolute atomic E-state index is 0. The van der Waals surface area contributed by atoms with E-state index < -0.39 is 0 Å². The number of pyridine rings is 1. The Morgan fingerprint density at radius 3 is 2.22 bits per heavy atom. The van der Waals surface area contributed by atoms with Gasteiger partial charge in [0.05, 0.1) is 12.0 Å². The van der Waals surface area contributed by atoms with Crippen molar-refractivity contribution >= 4 is 11.3 Å². The molecule has 0 atom stereocenters. The van der Waals surface area contributed by atoms with Crippen molar-refractivity contribution in [3.8, 4) is 0 Å². The minimum Gasteiger partial charge on any atom is -0.358 e. The summed E-state index contributed by atoms with van der Waals surface area (Å²) in [5.41, 5.74) is 9.06. The van der Waals surface area contributed by atoms with E-state index in [-0.39, 0.29) is 57.0 Å². The first-order valence-electron chi connectivity index (χ1n) is 8.45. The molecule has 0 amide bonds. The van der Waals surface area contributed by atoms with Crippen LogP contribution in [0.5, 0.6) is 0 Å². The number of nitrogens with zero attached hydrogens (tertiary/aromatic N) is 2. The Morgan fingerprint density at radius 2 is 1.44 bits per heavy atom. The van der Waals surface area contributed by atoms with Crippen molar-refractivity contribution in [2.24, 2.45) is 0 Å². The molecule has 2 nitrogen and oxygen atoms in total. The fraction of sp³-hybridized carbons (Fsp3) is 0.217. The Labute approximate surface area is 192 Å². The predicted octanol–water partition coefficient (Wildman–Crippen LogP) is 4.22. The fourth-order valence-corrected chi connectivity index (χ4v) is 4.14. The van der Waals surface area contributed by atoms with Gasteiger partial charge in [0.1, 0.15) is 0 Å². The van der Waals surface area contributed by atoms with Crippen molar-refractivity contribution in [2.75, 3.05) is 6.54 Å². The Kier molecular flexibility index (Phi) is 8.78. The molecule has 1 aromatic rings. The van der Waals surface area contributed by atoms with Crippen LogP contribution in [0.4, 0.5) is 0 Å². The molecule has 0 radical (unpaired) electrons. The molecule has 0 N–H and O–H groups in total. The van der Waals surface area contributed by atoms with Crippen molar-refractivity contribution in [1.29, 1.82) is 0 Å². The summed E-state index contributed by atoms with van der Waals surface area (Å²) < 4.78 is 4.68. The predicted molar refractivity (Wildman–Crippen MR) is 105 cm³/mol. The Bertz CT molecular complexity index is 899. The quantitative estimate of drug-likeness (QED) is 0.283. The molecule has 4 heterocycles. The molecule has 2 aliphatic carbocycles. The molecule has 0 unspecified atom stereocenters. The van der Waals surface area contributed by atoms with Crippen molar-refractivity contribution in [2.45, 2.75) is 25.8 Å². The van der Waals surface area contributed by atoms with E-state index in [0.717, 1.165) is 25.9 Å². The normalized spacial score (nSPS) is 18.5. The van der Waals surface area contributed by atoms with E-state index in [9.17, 15) is 0 Å². The summed E-state index contributed by atoms with van der Waals surface area (Å²) in [4.78, 5) is 0. The van der Waals surface area contributed by atoms with Crippen molar-refractivity contribution in [1.82, 2.24) is 0 Å². The van der Waals surface area contributed by atoms with Gasteiger partial charge in [-0.15, -0.1) is 0 Å². The van der Waals surface area contributed by atoms with Crippen LogP contribution in [-0.4, -0.2) is 16.8 Å². The summed E-state index contributed by atoms with van der Waals surface area (Å²) in [6.45, 7) is 2.24. The number of hydrogen-bond acceptors (Lipinski definition) is 0. The molecule has 0 aromatic carbocycles. The van der Waals surface area contributed by atoms with E-state index in [1.807, 2.05) is 0 Å². The van der Waals surface area contributed by atoms with Crippen LogP contribution in [0.3, 0.4) is 0 Å². The van der Waals surface area contributed by atoms with E-state index in [2.05, 4.69) is 70.1 Å². The van der Waals surface area contributed by atoms with Crippen LogP contribution < -0.4 is 4.57 Å². The van der Waals surface area contributed by atoms with E-state index in [1.165, 1.54) is 29.0 Å². The van der Waals surface area contributed by atoms with Crippen LogP contribution in [-0.2, 0) is 48.7 Å². The van der Waals surface area contributed by atoms with Gasteiger partial charge in [-0.2, -0.15) is 9.14 Å². The van der Waals surface area contributed by atoms with Gasteiger partial charge >= 0.3 is 0 Å². The zero-order valence-electron chi connectivity index (χ0n) is 16.0. The van der Waals surface area contributed by atoms with Crippen molar-refractivity contribution in [3.63, 3.8) is 0 Å². The second-order valence-corrected chi connectivity index (χ2v) is 6.62. The first kappa shape index (κ1) is 23.9. The molecule has 0 spiro atoms. The van der Waals surface area contributed by atoms with Gasteiger partial charge in [0.25, 0.3) is 0 Å². The zero-order chi connectivity index (χ0) is 15.2. The smallest absolute Gasteiger partial charge is 0.212 e. The van der Waals surface area contributed by atoms with Crippen molar-refractivity contribution < 1.29 is 51.3 Å². The van der Waals surface area contributed by atoms with E-state index >= 15 is 0 Å². The molecular weight excluding hydrogens is 672 g/mol. The SMILES string of the molecule is C1=CC2=C(C1)C[N+]1=C2CC=C1.C1=CC2=C(C1)C[n+]1ccccc12.[CH3-].[CH3-].[W].[W]. The van der Waals surface area contributed by atoms with Gasteiger partial charge in [0.15, 0.2) is 31.2 Å². The average molecular weight is 698 g/mol. The molecule has 0 bridgehead atoms. The van der Waals surface area contributed by atoms with Gasteiger partial charge in [-0.1, -0.05) is 24.3 Å². The number of allylic oxidation sites excluding steroid dienone is 8. The molecule has 27 heavy (non-hydrogen) atoms. The maximum Gasteiger partial charge on any atom is 0.212 e. The monoisotopic (exact) mass is 698 g/mol. The first-order chi connectivity index (χ1) is 11.4. The molecule has 0 saturated carbocycles. The number of rotatable bonds is 0. The summed E-state index contributed by atoms with van der Waals surface area (Å²) in [6.07, 6.45) is 19.1. The standard InChI is InChI=1S/C11H10N.C10H10N.2CH3.2W/c1-2-7-12-8-9-4-3-5-10(9)11(12)6-1;1-3-8-7-11-6-2-5-10(11)9(8)4-1;;;;/h1-3,5-7H,4,8H2;1-2,4,6H,3,5,7H2;2*1H3;;/q2*+1;2*-1;;.